The summed E-state index contributed by atoms with van der Waals surface area (Å²) in [5.41, 5.74) is 6.11. The summed E-state index contributed by atoms with van der Waals surface area (Å²) in [6, 6.07) is 17.4. The summed E-state index contributed by atoms with van der Waals surface area (Å²) in [6.07, 6.45) is 2.02. The quantitative estimate of drug-likeness (QED) is 0.673. The Balaban J connectivity index is 1.50. The molecule has 144 valence electrons. The van der Waals surface area contributed by atoms with Crippen molar-refractivity contribution in [3.8, 4) is 23.0 Å². The fraction of sp³-hybridized carbons (Fsp3) is 0.125. The van der Waals surface area contributed by atoms with Gasteiger partial charge in [-0.2, -0.15) is 0 Å². The number of hydrogen-bond donors (Lipinski definition) is 1. The Labute approximate surface area is 168 Å². The first-order valence-corrected chi connectivity index (χ1v) is 9.30. The van der Waals surface area contributed by atoms with Crippen LogP contribution in [-0.2, 0) is 6.61 Å². The molecule has 0 saturated heterocycles. The SMILES string of the molecule is COc1cc2c(cc1OC)C1=Nc3ccc(OCc4ccccc4)c(O)c3C1=C2. The van der Waals surface area contributed by atoms with Gasteiger partial charge in [0.15, 0.2) is 23.0 Å². The highest BCUT2D eigenvalue weighted by atomic mass is 16.5. The summed E-state index contributed by atoms with van der Waals surface area (Å²) in [7, 11) is 3.23. The molecule has 0 fully saturated rings. The summed E-state index contributed by atoms with van der Waals surface area (Å²) in [5.74, 6) is 1.86. The maximum Gasteiger partial charge on any atom is 0.167 e. The molecule has 0 saturated carbocycles. The monoisotopic (exact) mass is 385 g/mol. The first-order chi connectivity index (χ1) is 14.2. The molecule has 2 aliphatic rings. The van der Waals surface area contributed by atoms with E-state index in [0.717, 1.165) is 33.7 Å². The lowest BCUT2D eigenvalue weighted by Gasteiger charge is -2.11. The number of rotatable bonds is 5. The number of allylic oxidation sites excluding steroid dienone is 1. The van der Waals surface area contributed by atoms with Crippen LogP contribution in [0, 0.1) is 0 Å². The number of hydrogen-bond acceptors (Lipinski definition) is 5. The van der Waals surface area contributed by atoms with Crippen molar-refractivity contribution in [2.24, 2.45) is 4.99 Å². The van der Waals surface area contributed by atoms with Crippen molar-refractivity contribution < 1.29 is 19.3 Å². The third-order valence-electron chi connectivity index (χ3n) is 5.22. The predicted molar refractivity (Wildman–Crippen MR) is 112 cm³/mol. The summed E-state index contributed by atoms with van der Waals surface area (Å²) in [4.78, 5) is 4.74. The van der Waals surface area contributed by atoms with E-state index in [1.165, 1.54) is 0 Å². The van der Waals surface area contributed by atoms with Crippen LogP contribution in [0.2, 0.25) is 0 Å². The van der Waals surface area contributed by atoms with Crippen LogP contribution in [0.4, 0.5) is 5.69 Å². The molecule has 1 N–H and O–H groups in total. The van der Waals surface area contributed by atoms with Gasteiger partial charge in [0.1, 0.15) is 6.61 Å². The highest BCUT2D eigenvalue weighted by molar-refractivity contribution is 6.43. The molecular weight excluding hydrogens is 366 g/mol. The highest BCUT2D eigenvalue weighted by Crippen LogP contribution is 2.51. The standard InChI is InChI=1S/C24H19NO4/c1-27-20-11-15-10-17-22-18(25-23(17)16(15)12-21(20)28-2)8-9-19(24(22)26)29-13-14-6-4-3-5-7-14/h3-12,26H,13H2,1-2H3. The van der Waals surface area contributed by atoms with Crippen LogP contribution in [0.25, 0.3) is 11.6 Å². The minimum absolute atomic E-state index is 0.107. The van der Waals surface area contributed by atoms with Gasteiger partial charge in [0, 0.05) is 11.1 Å². The lowest BCUT2D eigenvalue weighted by Crippen LogP contribution is -1.99. The van der Waals surface area contributed by atoms with Crippen molar-refractivity contribution in [2.45, 2.75) is 6.61 Å². The number of ether oxygens (including phenoxy) is 3. The van der Waals surface area contributed by atoms with Crippen molar-refractivity contribution in [3.63, 3.8) is 0 Å². The number of methoxy groups -OCH3 is 2. The maximum atomic E-state index is 10.9. The Morgan fingerprint density at radius 1 is 0.897 bits per heavy atom. The Morgan fingerprint density at radius 2 is 1.66 bits per heavy atom. The van der Waals surface area contributed by atoms with Crippen molar-refractivity contribution in [3.05, 3.63) is 76.9 Å². The van der Waals surface area contributed by atoms with E-state index in [2.05, 4.69) is 0 Å². The molecule has 0 unspecified atom stereocenters. The van der Waals surface area contributed by atoms with Gasteiger partial charge < -0.3 is 19.3 Å². The second-order valence-electron chi connectivity index (χ2n) is 6.89. The summed E-state index contributed by atoms with van der Waals surface area (Å²) < 4.78 is 16.7. The molecular formula is C24H19NO4. The molecule has 5 rings (SSSR count). The van der Waals surface area contributed by atoms with Crippen LogP contribution >= 0.6 is 0 Å². The van der Waals surface area contributed by atoms with Crippen molar-refractivity contribution in [1.82, 2.24) is 0 Å². The zero-order chi connectivity index (χ0) is 20.0. The molecule has 0 bridgehead atoms. The largest absolute Gasteiger partial charge is 0.504 e. The Hall–Kier alpha value is -3.73. The predicted octanol–water partition coefficient (Wildman–Crippen LogP) is 4.98. The van der Waals surface area contributed by atoms with E-state index >= 15 is 0 Å². The zero-order valence-electron chi connectivity index (χ0n) is 16.1. The van der Waals surface area contributed by atoms with E-state index in [1.807, 2.05) is 54.6 Å². The average molecular weight is 385 g/mol. The number of benzene rings is 3. The lowest BCUT2D eigenvalue weighted by atomic mass is 10.0. The van der Waals surface area contributed by atoms with Crippen LogP contribution in [0.3, 0.4) is 0 Å². The van der Waals surface area contributed by atoms with Gasteiger partial charge in [0.05, 0.1) is 31.2 Å². The molecule has 3 aromatic rings. The minimum atomic E-state index is 0.107. The van der Waals surface area contributed by atoms with E-state index in [0.29, 0.717) is 29.4 Å². The average Bonchev–Trinajstić information content (AvgIpc) is 3.28. The molecule has 5 nitrogen and oxygen atoms in total. The van der Waals surface area contributed by atoms with E-state index in [9.17, 15) is 5.11 Å². The van der Waals surface area contributed by atoms with Gasteiger partial charge in [-0.25, -0.2) is 4.99 Å². The molecule has 3 aromatic carbocycles. The molecule has 1 aliphatic heterocycles. The normalized spacial score (nSPS) is 13.2. The van der Waals surface area contributed by atoms with E-state index in [1.54, 1.807) is 20.3 Å². The molecule has 29 heavy (non-hydrogen) atoms. The third kappa shape index (κ3) is 2.74. The summed E-state index contributed by atoms with van der Waals surface area (Å²) in [5, 5.41) is 10.9. The van der Waals surface area contributed by atoms with E-state index in [-0.39, 0.29) is 5.75 Å². The van der Waals surface area contributed by atoms with Crippen LogP contribution in [0.5, 0.6) is 23.0 Å². The fourth-order valence-corrected chi connectivity index (χ4v) is 3.79. The third-order valence-corrected chi connectivity index (χ3v) is 5.22. The van der Waals surface area contributed by atoms with E-state index in [4.69, 9.17) is 19.2 Å². The van der Waals surface area contributed by atoms with Gasteiger partial charge in [0.2, 0.25) is 0 Å². The first-order valence-electron chi connectivity index (χ1n) is 9.30. The lowest BCUT2D eigenvalue weighted by molar-refractivity contribution is 0.289. The molecule has 0 spiro atoms. The van der Waals surface area contributed by atoms with Gasteiger partial charge in [-0.3, -0.25) is 0 Å². The molecule has 0 amide bonds. The molecule has 0 atom stereocenters. The number of fused-ring (bicyclic) bond motifs is 5. The number of aromatic hydroxyl groups is 1. The van der Waals surface area contributed by atoms with Crippen LogP contribution < -0.4 is 14.2 Å². The van der Waals surface area contributed by atoms with Crippen LogP contribution in [-0.4, -0.2) is 25.0 Å². The summed E-state index contributed by atoms with van der Waals surface area (Å²) >= 11 is 0. The highest BCUT2D eigenvalue weighted by Gasteiger charge is 2.33. The topological polar surface area (TPSA) is 60.3 Å². The van der Waals surface area contributed by atoms with Gasteiger partial charge in [-0.05, 0) is 41.5 Å². The van der Waals surface area contributed by atoms with Gasteiger partial charge in [-0.15, -0.1) is 0 Å². The van der Waals surface area contributed by atoms with Crippen molar-refractivity contribution >= 4 is 23.0 Å². The molecule has 0 radical (unpaired) electrons. The van der Waals surface area contributed by atoms with Gasteiger partial charge in [-0.1, -0.05) is 30.3 Å². The van der Waals surface area contributed by atoms with Crippen molar-refractivity contribution in [2.75, 3.05) is 14.2 Å². The zero-order valence-corrected chi connectivity index (χ0v) is 16.1. The molecule has 1 heterocycles. The smallest absolute Gasteiger partial charge is 0.167 e. The number of aliphatic imine (C=N–C) groups is 1. The Kier molecular flexibility index (Phi) is 4.02. The van der Waals surface area contributed by atoms with E-state index < -0.39 is 0 Å². The maximum absolute atomic E-state index is 10.9. The van der Waals surface area contributed by atoms with Crippen LogP contribution in [0.1, 0.15) is 22.3 Å². The second kappa shape index (κ2) is 6.71. The second-order valence-corrected chi connectivity index (χ2v) is 6.89. The first kappa shape index (κ1) is 17.4. The van der Waals surface area contributed by atoms with Crippen molar-refractivity contribution in [1.29, 1.82) is 0 Å². The Bertz CT molecular complexity index is 1180. The van der Waals surface area contributed by atoms with Crippen LogP contribution in [0.15, 0.2) is 59.6 Å². The Morgan fingerprint density at radius 3 is 2.41 bits per heavy atom. The number of phenols is 1. The summed E-state index contributed by atoms with van der Waals surface area (Å²) in [6.45, 7) is 0.384. The number of phenolic OH excluding ortho intramolecular Hbond substituents is 1. The van der Waals surface area contributed by atoms with Gasteiger partial charge >= 0.3 is 0 Å². The molecule has 1 aliphatic carbocycles. The molecule has 5 heteroatoms. The fourth-order valence-electron chi connectivity index (χ4n) is 3.79. The minimum Gasteiger partial charge on any atom is -0.504 e. The number of nitrogens with zero attached hydrogens (tertiary/aromatic N) is 1. The van der Waals surface area contributed by atoms with Gasteiger partial charge in [0.25, 0.3) is 0 Å². The molecule has 0 aromatic heterocycles.